The molecule has 44 heavy (non-hydrogen) atoms. The summed E-state index contributed by atoms with van der Waals surface area (Å²) in [5.41, 5.74) is 15.0. The van der Waals surface area contributed by atoms with Gasteiger partial charge in [0.2, 0.25) is 0 Å². The van der Waals surface area contributed by atoms with Crippen molar-refractivity contribution >= 4 is 21.8 Å². The molecule has 0 amide bonds. The first kappa shape index (κ1) is 29.3. The number of rotatable bonds is 3. The summed E-state index contributed by atoms with van der Waals surface area (Å²) in [5, 5.41) is 2.72. The number of fused-ring (bicyclic) bond motifs is 8. The molecule has 0 N–H and O–H groups in total. The highest BCUT2D eigenvalue weighted by Gasteiger charge is 2.52. The molecule has 7 rings (SSSR count). The third-order valence-electron chi connectivity index (χ3n) is 9.44. The standard InChI is InChI=1S/C27H27N.C15H15N/c1-6-14-26-22(8-3)27(21(7-2)25(9-4)28(26)5)23-17-12-10-15-19(23)20-16-11-13-18-24(20)27;1-10-4-6-14-12(8-10)13-9-11(2)5-7-15(13)16(14)3/h7-18H,2,4,6H2,1,3,5H3;4-9H,1-3H3/b22-8+,26-14+;. The average Bonchev–Trinajstić information content (AvgIpc) is 3.48. The number of likely N-dealkylation sites (N-methyl/N-ethyl adjacent to an activating group) is 1. The van der Waals surface area contributed by atoms with Crippen LogP contribution in [0.3, 0.4) is 0 Å². The molecule has 1 aliphatic heterocycles. The number of hydrogen-bond donors (Lipinski definition) is 0. The largest absolute Gasteiger partial charge is 0.344 e. The minimum Gasteiger partial charge on any atom is -0.344 e. The quantitative estimate of drug-likeness (QED) is 0.208. The molecule has 0 fully saturated rings. The number of benzene rings is 4. The molecule has 5 aromatic rings. The molecule has 1 aromatic heterocycles. The Morgan fingerprint density at radius 3 is 1.70 bits per heavy atom. The van der Waals surface area contributed by atoms with Crippen LogP contribution in [0.2, 0.25) is 0 Å². The van der Waals surface area contributed by atoms with Crippen molar-refractivity contribution in [1.29, 1.82) is 0 Å². The molecule has 0 saturated carbocycles. The van der Waals surface area contributed by atoms with Crippen molar-refractivity contribution in [2.24, 2.45) is 7.05 Å². The lowest BCUT2D eigenvalue weighted by atomic mass is 9.63. The van der Waals surface area contributed by atoms with Crippen LogP contribution < -0.4 is 0 Å². The van der Waals surface area contributed by atoms with Gasteiger partial charge in [0.25, 0.3) is 0 Å². The number of allylic oxidation sites excluding steroid dienone is 6. The summed E-state index contributed by atoms with van der Waals surface area (Å²) in [7, 11) is 4.26. The predicted molar refractivity (Wildman–Crippen MR) is 190 cm³/mol. The fourth-order valence-electron chi connectivity index (χ4n) is 7.59. The van der Waals surface area contributed by atoms with E-state index in [9.17, 15) is 0 Å². The van der Waals surface area contributed by atoms with E-state index in [-0.39, 0.29) is 5.41 Å². The maximum atomic E-state index is 4.24. The maximum absolute atomic E-state index is 4.24. The van der Waals surface area contributed by atoms with Gasteiger partial charge >= 0.3 is 0 Å². The Morgan fingerprint density at radius 1 is 0.727 bits per heavy atom. The normalized spacial score (nSPS) is 16.8. The summed E-state index contributed by atoms with van der Waals surface area (Å²) < 4.78 is 2.27. The molecule has 4 aromatic carbocycles. The van der Waals surface area contributed by atoms with E-state index >= 15 is 0 Å². The average molecular weight is 575 g/mol. The van der Waals surface area contributed by atoms with E-state index in [0.717, 1.165) is 12.1 Å². The molecular weight excluding hydrogens is 532 g/mol. The highest BCUT2D eigenvalue weighted by molar-refractivity contribution is 6.08. The number of nitrogens with zero attached hydrogens (tertiary/aromatic N) is 2. The second kappa shape index (κ2) is 11.4. The monoisotopic (exact) mass is 574 g/mol. The lowest BCUT2D eigenvalue weighted by Crippen LogP contribution is -2.40. The van der Waals surface area contributed by atoms with Crippen molar-refractivity contribution in [2.75, 3.05) is 7.05 Å². The number of aromatic nitrogens is 1. The van der Waals surface area contributed by atoms with Gasteiger partial charge in [-0.1, -0.05) is 110 Å². The molecule has 1 spiro atoms. The van der Waals surface area contributed by atoms with Gasteiger partial charge in [0.15, 0.2) is 0 Å². The summed E-state index contributed by atoms with van der Waals surface area (Å²) in [6.07, 6.45) is 9.57. The van der Waals surface area contributed by atoms with Gasteiger partial charge in [-0.25, -0.2) is 0 Å². The van der Waals surface area contributed by atoms with Crippen LogP contribution in [0.5, 0.6) is 0 Å². The van der Waals surface area contributed by atoms with Gasteiger partial charge in [-0.3, -0.25) is 0 Å². The zero-order valence-electron chi connectivity index (χ0n) is 26.9. The molecule has 0 bridgehead atoms. The predicted octanol–water partition coefficient (Wildman–Crippen LogP) is 10.7. The molecule has 2 heteroatoms. The molecule has 220 valence electrons. The van der Waals surface area contributed by atoms with Crippen LogP contribution in [-0.4, -0.2) is 16.5 Å². The van der Waals surface area contributed by atoms with E-state index in [2.05, 4.69) is 161 Å². The Bertz CT molecular complexity index is 1940. The van der Waals surface area contributed by atoms with Gasteiger partial charge in [-0.2, -0.15) is 0 Å². The van der Waals surface area contributed by atoms with Crippen LogP contribution >= 0.6 is 0 Å². The van der Waals surface area contributed by atoms with E-state index in [1.807, 2.05) is 12.2 Å². The van der Waals surface area contributed by atoms with Crippen LogP contribution in [0, 0.1) is 13.8 Å². The van der Waals surface area contributed by atoms with Gasteiger partial charge < -0.3 is 9.47 Å². The molecule has 0 radical (unpaired) electrons. The number of aryl methyl sites for hydroxylation is 3. The topological polar surface area (TPSA) is 8.17 Å². The SMILES string of the molecule is C=CC1=C(C=C)C2(C(=C/C)/C(=C\CC)N1C)c1ccccc1-c1ccccc12.Cc1ccc2c(c1)c1cc(C)ccc1n2C. The smallest absolute Gasteiger partial charge is 0.0750 e. The fraction of sp³-hybridized carbons (Fsp3) is 0.190. The summed E-state index contributed by atoms with van der Waals surface area (Å²) in [6, 6.07) is 30.9. The Labute approximate surface area is 262 Å². The van der Waals surface area contributed by atoms with Gasteiger partial charge in [-0.05, 0) is 90.9 Å². The van der Waals surface area contributed by atoms with Crippen LogP contribution in [0.4, 0.5) is 0 Å². The first-order valence-electron chi connectivity index (χ1n) is 15.6. The zero-order chi connectivity index (χ0) is 31.2. The molecule has 2 heterocycles. The molecular formula is C42H42N2. The second-order valence-corrected chi connectivity index (χ2v) is 11.9. The van der Waals surface area contributed by atoms with E-state index < -0.39 is 0 Å². The molecule has 1 aliphatic carbocycles. The van der Waals surface area contributed by atoms with Crippen LogP contribution in [0.15, 0.2) is 145 Å². The van der Waals surface area contributed by atoms with Gasteiger partial charge in [-0.15, -0.1) is 0 Å². The van der Waals surface area contributed by atoms with E-state index in [1.165, 1.54) is 72.0 Å². The minimum absolute atomic E-state index is 0.360. The number of hydrogen-bond acceptors (Lipinski definition) is 1. The minimum atomic E-state index is -0.360. The van der Waals surface area contributed by atoms with Crippen molar-refractivity contribution in [3.63, 3.8) is 0 Å². The summed E-state index contributed by atoms with van der Waals surface area (Å²) in [5.74, 6) is 0. The van der Waals surface area contributed by atoms with E-state index in [1.54, 1.807) is 0 Å². The Kier molecular flexibility index (Phi) is 7.55. The fourth-order valence-corrected chi connectivity index (χ4v) is 7.59. The highest BCUT2D eigenvalue weighted by atomic mass is 15.1. The van der Waals surface area contributed by atoms with Gasteiger partial charge in [0, 0.05) is 47.3 Å². The lowest BCUT2D eigenvalue weighted by molar-refractivity contribution is 0.480. The Balaban J connectivity index is 0.000000181. The Hall–Kier alpha value is -4.82. The summed E-state index contributed by atoms with van der Waals surface area (Å²) >= 11 is 0. The van der Waals surface area contributed by atoms with Crippen molar-refractivity contribution < 1.29 is 0 Å². The third kappa shape index (κ3) is 4.16. The van der Waals surface area contributed by atoms with Crippen LogP contribution in [-0.2, 0) is 12.5 Å². The van der Waals surface area contributed by atoms with E-state index in [0.29, 0.717) is 0 Å². The first-order valence-corrected chi connectivity index (χ1v) is 15.6. The molecule has 0 saturated heterocycles. The van der Waals surface area contributed by atoms with Crippen molar-refractivity contribution in [3.05, 3.63) is 167 Å². The third-order valence-corrected chi connectivity index (χ3v) is 9.44. The molecule has 2 nitrogen and oxygen atoms in total. The maximum Gasteiger partial charge on any atom is 0.0750 e. The summed E-state index contributed by atoms with van der Waals surface area (Å²) in [4.78, 5) is 2.26. The van der Waals surface area contributed by atoms with Crippen LogP contribution in [0.1, 0.15) is 42.5 Å². The highest BCUT2D eigenvalue weighted by Crippen LogP contribution is 2.61. The second-order valence-electron chi connectivity index (χ2n) is 11.9. The zero-order valence-corrected chi connectivity index (χ0v) is 26.9. The van der Waals surface area contributed by atoms with Crippen molar-refractivity contribution in [2.45, 2.75) is 39.5 Å². The van der Waals surface area contributed by atoms with Crippen molar-refractivity contribution in [1.82, 2.24) is 9.47 Å². The molecule has 0 atom stereocenters. The summed E-state index contributed by atoms with van der Waals surface area (Å²) in [6.45, 7) is 17.0. The van der Waals surface area contributed by atoms with Gasteiger partial charge in [0.05, 0.1) is 5.41 Å². The molecule has 0 unspecified atom stereocenters. The van der Waals surface area contributed by atoms with Crippen LogP contribution in [0.25, 0.3) is 32.9 Å². The Morgan fingerprint density at radius 2 is 1.25 bits per heavy atom. The van der Waals surface area contributed by atoms with Crippen molar-refractivity contribution in [3.8, 4) is 11.1 Å². The van der Waals surface area contributed by atoms with Gasteiger partial charge in [0.1, 0.15) is 0 Å². The molecule has 2 aliphatic rings. The lowest BCUT2D eigenvalue weighted by Gasteiger charge is -2.46. The van der Waals surface area contributed by atoms with E-state index in [4.69, 9.17) is 0 Å². The first-order chi connectivity index (χ1) is 21.3.